The van der Waals surface area contributed by atoms with Gasteiger partial charge in [0.15, 0.2) is 0 Å². The van der Waals surface area contributed by atoms with Crippen molar-refractivity contribution in [2.75, 3.05) is 0 Å². The summed E-state index contributed by atoms with van der Waals surface area (Å²) in [4.78, 5) is 31.4. The molecule has 7 heteroatoms. The Labute approximate surface area is 392 Å². The Morgan fingerprint density at radius 2 is 0.682 bits per heavy atom. The van der Waals surface area contributed by atoms with Crippen LogP contribution in [0.4, 0.5) is 0 Å². The van der Waals surface area contributed by atoms with Gasteiger partial charge in [-0.15, -0.1) is 22.1 Å². The Morgan fingerprint density at radius 3 is 1.12 bits per heavy atom. The van der Waals surface area contributed by atoms with Gasteiger partial charge in [0.2, 0.25) is 0 Å². The first-order chi connectivity index (χ1) is 32.2. The van der Waals surface area contributed by atoms with Gasteiger partial charge >= 0.3 is 17.1 Å². The van der Waals surface area contributed by atoms with Crippen LogP contribution in [0.15, 0.2) is 206 Å². The van der Waals surface area contributed by atoms with Crippen molar-refractivity contribution in [1.82, 2.24) is 29.9 Å². The zero-order chi connectivity index (χ0) is 43.1. The average molecular weight is 895 g/mol. The summed E-state index contributed by atoms with van der Waals surface area (Å²) in [5.41, 5.74) is 18.8. The van der Waals surface area contributed by atoms with Crippen molar-refractivity contribution in [2.45, 2.75) is 0 Å². The van der Waals surface area contributed by atoms with Gasteiger partial charge in [-0.25, -0.2) is 15.0 Å². The molecule has 6 nitrogen and oxygen atoms in total. The molecule has 2 aliphatic heterocycles. The van der Waals surface area contributed by atoms with Crippen molar-refractivity contribution < 1.29 is 17.1 Å². The molecule has 6 heterocycles. The molecule has 10 aromatic rings. The fraction of sp³-hybridized carbons (Fsp3) is 0. The molecular formula is C59H38CuN6. The molecule has 0 aliphatic carbocycles. The van der Waals surface area contributed by atoms with E-state index in [0.29, 0.717) is 5.82 Å². The van der Waals surface area contributed by atoms with Gasteiger partial charge in [-0.05, 0) is 62.7 Å². The number of aromatic nitrogens is 6. The smallest absolute Gasteiger partial charge is 0.657 e. The predicted octanol–water partition coefficient (Wildman–Crippen LogP) is 14.1. The topological polar surface area (TPSA) is 82.7 Å². The standard InChI is InChI=1S/C59H38N6.Cu/c1-7-19-38(20-8-1)52-45-31-32-46(60-45)53(39-21-9-2-10-22-39)48-35-36-50(62-48)55(41-25-13-4-14-26-41)58-44(37-51(63-58)54(40-23-11-3-12-24-40)49-34-33-47(52)61-49)59-64-56(42-27-15-5-16-28-42)57(65-59)43-29-17-6-18-30-43;/h1-37H,(H,64,65);/q-2;+2. The maximum absolute atomic E-state index is 5.71. The van der Waals surface area contributed by atoms with E-state index in [0.717, 1.165) is 117 Å². The van der Waals surface area contributed by atoms with Gasteiger partial charge in [-0.1, -0.05) is 206 Å². The number of hydrogen-bond donors (Lipinski definition) is 1. The number of fused-ring (bicyclic) bond motifs is 8. The zero-order valence-electron chi connectivity index (χ0n) is 35.4. The quantitative estimate of drug-likeness (QED) is 0.161. The Balaban J connectivity index is 0.00000481. The molecule has 0 saturated heterocycles. The fourth-order valence-corrected chi connectivity index (χ4v) is 9.06. The molecule has 2 aliphatic rings. The number of benzene rings is 6. The van der Waals surface area contributed by atoms with E-state index >= 15 is 0 Å². The number of nitrogens with zero attached hydrogens (tertiary/aromatic N) is 5. The molecule has 1 N–H and O–H groups in total. The minimum absolute atomic E-state index is 0. The van der Waals surface area contributed by atoms with Crippen LogP contribution in [0.1, 0.15) is 28.6 Å². The van der Waals surface area contributed by atoms with Crippen LogP contribution in [-0.2, 0) is 17.1 Å². The van der Waals surface area contributed by atoms with E-state index in [1.807, 2.05) is 36.4 Å². The SMILES string of the molecule is C1=Cc2nc1c(-c1ccccc1)c1ccc([n-]1)c(-c1ccccc1)c1nc(c(-c3ccccc3)c3ccc([n-]3)c2-c2ccccc2)C(c2nc(-c3ccccc3)c(-c3ccccc3)[nH]2)=C1.[Cu+2]. The van der Waals surface area contributed by atoms with E-state index < -0.39 is 0 Å². The van der Waals surface area contributed by atoms with Crippen molar-refractivity contribution in [1.29, 1.82) is 0 Å². The third-order valence-corrected chi connectivity index (χ3v) is 12.0. The minimum atomic E-state index is 0. The third kappa shape index (κ3) is 7.32. The van der Waals surface area contributed by atoms with Gasteiger partial charge < -0.3 is 15.0 Å². The van der Waals surface area contributed by atoms with Crippen LogP contribution in [0.25, 0.3) is 113 Å². The van der Waals surface area contributed by atoms with Crippen LogP contribution in [0.2, 0.25) is 0 Å². The number of H-pyrrole nitrogens is 1. The molecule has 0 amide bonds. The molecule has 12 rings (SSSR count). The molecular weight excluding hydrogens is 856 g/mol. The first-order valence-electron chi connectivity index (χ1n) is 21.8. The number of rotatable bonds is 7. The van der Waals surface area contributed by atoms with Crippen LogP contribution in [0.5, 0.6) is 0 Å². The Kier molecular flexibility index (Phi) is 10.6. The van der Waals surface area contributed by atoms with E-state index in [1.165, 1.54) is 0 Å². The van der Waals surface area contributed by atoms with Crippen molar-refractivity contribution in [3.63, 3.8) is 0 Å². The second-order valence-corrected chi connectivity index (χ2v) is 16.1. The normalized spacial score (nSPS) is 11.8. The molecule has 1 radical (unpaired) electrons. The van der Waals surface area contributed by atoms with Crippen LogP contribution in [0, 0.1) is 0 Å². The molecule has 8 bridgehead atoms. The largest absolute Gasteiger partial charge is 2.00 e. The van der Waals surface area contributed by atoms with Crippen molar-refractivity contribution in [2.24, 2.45) is 0 Å². The summed E-state index contributed by atoms with van der Waals surface area (Å²) in [7, 11) is 0. The maximum atomic E-state index is 5.71. The second kappa shape index (κ2) is 17.3. The fourth-order valence-electron chi connectivity index (χ4n) is 9.06. The molecule has 4 aromatic heterocycles. The van der Waals surface area contributed by atoms with Crippen molar-refractivity contribution >= 4 is 45.9 Å². The van der Waals surface area contributed by atoms with Crippen molar-refractivity contribution in [3.05, 3.63) is 235 Å². The zero-order valence-corrected chi connectivity index (χ0v) is 36.3. The summed E-state index contributed by atoms with van der Waals surface area (Å²) >= 11 is 0. The monoisotopic (exact) mass is 893 g/mol. The van der Waals surface area contributed by atoms with E-state index in [2.05, 4.69) is 193 Å². The minimum Gasteiger partial charge on any atom is -0.657 e. The third-order valence-electron chi connectivity index (χ3n) is 12.0. The van der Waals surface area contributed by atoms with Gasteiger partial charge in [0, 0.05) is 16.7 Å². The van der Waals surface area contributed by atoms with E-state index in [9.17, 15) is 0 Å². The average Bonchev–Trinajstić information content (AvgIpc) is 4.24. The molecule has 315 valence electrons. The number of aromatic amines is 1. The van der Waals surface area contributed by atoms with Crippen LogP contribution < -0.4 is 9.97 Å². The van der Waals surface area contributed by atoms with Gasteiger partial charge in [0.1, 0.15) is 5.82 Å². The Bertz CT molecular complexity index is 3550. The van der Waals surface area contributed by atoms with Gasteiger partial charge in [0.05, 0.1) is 34.2 Å². The number of hydrogen-bond acceptors (Lipinski definition) is 3. The molecule has 66 heavy (non-hydrogen) atoms. The molecule has 0 saturated carbocycles. The summed E-state index contributed by atoms with van der Waals surface area (Å²) in [6.45, 7) is 0. The first-order valence-corrected chi connectivity index (χ1v) is 21.8. The van der Waals surface area contributed by atoms with Crippen LogP contribution in [-0.4, -0.2) is 19.9 Å². The van der Waals surface area contributed by atoms with Crippen LogP contribution in [0.3, 0.4) is 0 Å². The Hall–Kier alpha value is -8.35. The molecule has 0 fully saturated rings. The summed E-state index contributed by atoms with van der Waals surface area (Å²) in [6, 6.07) is 70.9. The summed E-state index contributed by atoms with van der Waals surface area (Å²) in [5.74, 6) is 0.697. The summed E-state index contributed by atoms with van der Waals surface area (Å²) in [6.07, 6.45) is 6.38. The van der Waals surface area contributed by atoms with Gasteiger partial charge in [0.25, 0.3) is 0 Å². The predicted molar refractivity (Wildman–Crippen MR) is 266 cm³/mol. The second-order valence-electron chi connectivity index (χ2n) is 16.1. The van der Waals surface area contributed by atoms with E-state index in [-0.39, 0.29) is 17.1 Å². The van der Waals surface area contributed by atoms with Gasteiger partial charge in [-0.2, -0.15) is 0 Å². The molecule has 0 spiro atoms. The number of nitrogens with one attached hydrogen (secondary N) is 1. The van der Waals surface area contributed by atoms with E-state index in [4.69, 9.17) is 24.9 Å². The first kappa shape index (κ1) is 40.4. The van der Waals surface area contributed by atoms with Gasteiger partial charge in [-0.3, -0.25) is 0 Å². The maximum Gasteiger partial charge on any atom is 2.00 e. The number of imidazole rings is 1. The summed E-state index contributed by atoms with van der Waals surface area (Å²) < 4.78 is 0. The van der Waals surface area contributed by atoms with Crippen LogP contribution >= 0.6 is 0 Å². The Morgan fingerprint density at radius 1 is 0.318 bits per heavy atom. The molecule has 6 aromatic carbocycles. The van der Waals surface area contributed by atoms with Crippen molar-refractivity contribution in [3.8, 4) is 67.0 Å². The van der Waals surface area contributed by atoms with E-state index in [1.54, 1.807) is 0 Å². The molecule has 0 atom stereocenters. The molecule has 0 unspecified atom stereocenters. The summed E-state index contributed by atoms with van der Waals surface area (Å²) in [5, 5.41) is 0.